The number of nitrogens with zero attached hydrogens (tertiary/aromatic N) is 2. The van der Waals surface area contributed by atoms with Crippen LogP contribution < -0.4 is 10.1 Å². The van der Waals surface area contributed by atoms with E-state index in [1.807, 2.05) is 30.3 Å². The lowest BCUT2D eigenvalue weighted by molar-refractivity contribution is -0.120. The lowest BCUT2D eigenvalue weighted by atomic mass is 10.1. The van der Waals surface area contributed by atoms with E-state index in [1.165, 1.54) is 11.1 Å². The molecule has 3 rings (SSSR count). The number of hydrogen-bond donors (Lipinski definition) is 1. The van der Waals surface area contributed by atoms with E-state index >= 15 is 0 Å². The summed E-state index contributed by atoms with van der Waals surface area (Å²) < 4.78 is 5.23. The van der Waals surface area contributed by atoms with Crippen LogP contribution in [0.5, 0.6) is 5.75 Å². The molecule has 0 aliphatic carbocycles. The molecule has 0 bridgehead atoms. The average Bonchev–Trinajstić information content (AvgIpc) is 2.74. The van der Waals surface area contributed by atoms with Gasteiger partial charge in [-0.2, -0.15) is 0 Å². The highest BCUT2D eigenvalue weighted by atomic mass is 16.5. The minimum Gasteiger partial charge on any atom is -0.497 e. The van der Waals surface area contributed by atoms with Crippen LogP contribution in [0, 0.1) is 0 Å². The number of carbonyl (C=O) groups excluding carboxylic acids is 1. The monoisotopic (exact) mass is 381 g/mol. The molecule has 1 amide bonds. The number of rotatable bonds is 8. The van der Waals surface area contributed by atoms with Crippen molar-refractivity contribution in [3.63, 3.8) is 0 Å². The molecule has 2 aromatic carbocycles. The second-order valence-electron chi connectivity index (χ2n) is 7.28. The minimum absolute atomic E-state index is 0.0274. The van der Waals surface area contributed by atoms with Crippen LogP contribution in [-0.4, -0.2) is 55.5 Å². The first kappa shape index (κ1) is 20.4. The summed E-state index contributed by atoms with van der Waals surface area (Å²) in [4.78, 5) is 17.4. The molecule has 2 aromatic rings. The summed E-state index contributed by atoms with van der Waals surface area (Å²) >= 11 is 0. The van der Waals surface area contributed by atoms with Crippen LogP contribution >= 0.6 is 0 Å². The zero-order valence-corrected chi connectivity index (χ0v) is 17.0. The van der Waals surface area contributed by atoms with E-state index in [-0.39, 0.29) is 5.91 Å². The third-order valence-electron chi connectivity index (χ3n) is 5.40. The van der Waals surface area contributed by atoms with E-state index in [0.29, 0.717) is 13.0 Å². The predicted octanol–water partition coefficient (Wildman–Crippen LogP) is 2.69. The SMILES string of the molecule is CCN1CCN(Cc2ccccc2CNC(=O)Cc2cccc(OC)c2)CC1. The molecule has 0 spiro atoms. The van der Waals surface area contributed by atoms with Crippen LogP contribution in [0.3, 0.4) is 0 Å². The minimum atomic E-state index is 0.0274. The van der Waals surface area contributed by atoms with Gasteiger partial charge in [-0.3, -0.25) is 9.69 Å². The van der Waals surface area contributed by atoms with Crippen LogP contribution in [-0.2, 0) is 24.3 Å². The molecule has 0 unspecified atom stereocenters. The Balaban J connectivity index is 1.53. The maximum atomic E-state index is 12.4. The zero-order valence-electron chi connectivity index (χ0n) is 17.0. The highest BCUT2D eigenvalue weighted by Gasteiger charge is 2.16. The molecule has 150 valence electrons. The van der Waals surface area contributed by atoms with Crippen molar-refractivity contribution in [3.05, 3.63) is 65.2 Å². The molecular weight excluding hydrogens is 350 g/mol. The molecule has 1 N–H and O–H groups in total. The molecule has 28 heavy (non-hydrogen) atoms. The summed E-state index contributed by atoms with van der Waals surface area (Å²) in [6, 6.07) is 16.1. The number of carbonyl (C=O) groups is 1. The number of amides is 1. The fourth-order valence-electron chi connectivity index (χ4n) is 3.61. The number of benzene rings is 2. The van der Waals surface area contributed by atoms with Crippen LogP contribution in [0.1, 0.15) is 23.6 Å². The topological polar surface area (TPSA) is 44.8 Å². The standard InChI is InChI=1S/C23H31N3O2/c1-3-25-11-13-26(14-12-25)18-21-9-5-4-8-20(21)17-24-23(27)16-19-7-6-10-22(15-19)28-2/h4-10,15H,3,11-14,16-18H2,1-2H3,(H,24,27). The Kier molecular flexibility index (Phi) is 7.46. The molecule has 0 atom stereocenters. The van der Waals surface area contributed by atoms with E-state index in [4.69, 9.17) is 4.74 Å². The normalized spacial score (nSPS) is 15.4. The fraction of sp³-hybridized carbons (Fsp3) is 0.435. The van der Waals surface area contributed by atoms with Crippen molar-refractivity contribution in [2.45, 2.75) is 26.4 Å². The second-order valence-corrected chi connectivity index (χ2v) is 7.28. The number of hydrogen-bond acceptors (Lipinski definition) is 4. The van der Waals surface area contributed by atoms with Crippen molar-refractivity contribution in [1.82, 2.24) is 15.1 Å². The third kappa shape index (κ3) is 5.81. The smallest absolute Gasteiger partial charge is 0.224 e. The van der Waals surface area contributed by atoms with Gasteiger partial charge >= 0.3 is 0 Å². The zero-order chi connectivity index (χ0) is 19.8. The molecule has 1 fully saturated rings. The van der Waals surface area contributed by atoms with Crippen molar-refractivity contribution < 1.29 is 9.53 Å². The fourth-order valence-corrected chi connectivity index (χ4v) is 3.61. The van der Waals surface area contributed by atoms with Crippen molar-refractivity contribution in [2.24, 2.45) is 0 Å². The van der Waals surface area contributed by atoms with Gasteiger partial charge in [-0.1, -0.05) is 43.3 Å². The Morgan fingerprint density at radius 3 is 2.43 bits per heavy atom. The van der Waals surface area contributed by atoms with Crippen molar-refractivity contribution in [3.8, 4) is 5.75 Å². The number of piperazine rings is 1. The molecule has 1 saturated heterocycles. The lowest BCUT2D eigenvalue weighted by Gasteiger charge is -2.34. The highest BCUT2D eigenvalue weighted by molar-refractivity contribution is 5.78. The Hall–Kier alpha value is -2.37. The summed E-state index contributed by atoms with van der Waals surface area (Å²) in [5, 5.41) is 3.07. The highest BCUT2D eigenvalue weighted by Crippen LogP contribution is 2.15. The van der Waals surface area contributed by atoms with E-state index < -0.39 is 0 Å². The molecule has 5 heteroatoms. The number of ether oxygens (including phenoxy) is 1. The summed E-state index contributed by atoms with van der Waals surface area (Å²) in [5.41, 5.74) is 3.45. The molecular formula is C23H31N3O2. The summed E-state index contributed by atoms with van der Waals surface area (Å²) in [7, 11) is 1.64. The van der Waals surface area contributed by atoms with E-state index in [2.05, 4.69) is 40.2 Å². The first-order valence-electron chi connectivity index (χ1n) is 10.1. The molecule has 1 aliphatic heterocycles. The first-order chi connectivity index (χ1) is 13.7. The molecule has 1 heterocycles. The first-order valence-corrected chi connectivity index (χ1v) is 10.1. The predicted molar refractivity (Wildman–Crippen MR) is 112 cm³/mol. The van der Waals surface area contributed by atoms with Gasteiger partial charge in [-0.05, 0) is 35.4 Å². The van der Waals surface area contributed by atoms with Gasteiger partial charge in [0.1, 0.15) is 5.75 Å². The van der Waals surface area contributed by atoms with Crippen LogP contribution in [0.4, 0.5) is 0 Å². The molecule has 5 nitrogen and oxygen atoms in total. The third-order valence-corrected chi connectivity index (χ3v) is 5.40. The second kappa shape index (κ2) is 10.2. The lowest BCUT2D eigenvalue weighted by Crippen LogP contribution is -2.45. The van der Waals surface area contributed by atoms with Gasteiger partial charge in [0, 0.05) is 39.3 Å². The molecule has 0 radical (unpaired) electrons. The van der Waals surface area contributed by atoms with Gasteiger partial charge in [-0.15, -0.1) is 0 Å². The largest absolute Gasteiger partial charge is 0.497 e. The van der Waals surface area contributed by atoms with Crippen molar-refractivity contribution in [1.29, 1.82) is 0 Å². The number of methoxy groups -OCH3 is 1. The van der Waals surface area contributed by atoms with Gasteiger partial charge in [-0.25, -0.2) is 0 Å². The summed E-state index contributed by atoms with van der Waals surface area (Å²) in [6.07, 6.45) is 0.359. The maximum absolute atomic E-state index is 12.4. The number of likely N-dealkylation sites (N-methyl/N-ethyl adjacent to an activating group) is 1. The molecule has 0 saturated carbocycles. The number of nitrogens with one attached hydrogen (secondary N) is 1. The van der Waals surface area contributed by atoms with Gasteiger partial charge < -0.3 is 15.0 Å². The van der Waals surface area contributed by atoms with E-state index in [1.54, 1.807) is 7.11 Å². The van der Waals surface area contributed by atoms with E-state index in [0.717, 1.165) is 50.6 Å². The summed E-state index contributed by atoms with van der Waals surface area (Å²) in [6.45, 7) is 9.33. The summed E-state index contributed by atoms with van der Waals surface area (Å²) in [5.74, 6) is 0.804. The Morgan fingerprint density at radius 1 is 1.00 bits per heavy atom. The average molecular weight is 382 g/mol. The van der Waals surface area contributed by atoms with E-state index in [9.17, 15) is 4.79 Å². The van der Waals surface area contributed by atoms with Crippen molar-refractivity contribution in [2.75, 3.05) is 39.8 Å². The van der Waals surface area contributed by atoms with Gasteiger partial charge in [0.15, 0.2) is 0 Å². The molecule has 0 aromatic heterocycles. The Bertz CT molecular complexity index is 770. The Labute approximate surface area is 168 Å². The van der Waals surface area contributed by atoms with Gasteiger partial charge in [0.25, 0.3) is 0 Å². The molecule has 1 aliphatic rings. The Morgan fingerprint density at radius 2 is 1.71 bits per heavy atom. The van der Waals surface area contributed by atoms with Gasteiger partial charge in [0.05, 0.1) is 13.5 Å². The van der Waals surface area contributed by atoms with Crippen LogP contribution in [0.25, 0.3) is 0 Å². The quantitative estimate of drug-likeness (QED) is 0.764. The van der Waals surface area contributed by atoms with Gasteiger partial charge in [0.2, 0.25) is 5.91 Å². The van der Waals surface area contributed by atoms with Crippen LogP contribution in [0.15, 0.2) is 48.5 Å². The van der Waals surface area contributed by atoms with Crippen molar-refractivity contribution >= 4 is 5.91 Å². The maximum Gasteiger partial charge on any atom is 0.224 e. The van der Waals surface area contributed by atoms with Crippen LogP contribution in [0.2, 0.25) is 0 Å².